The van der Waals surface area contributed by atoms with Gasteiger partial charge in [0.05, 0.1) is 0 Å². The van der Waals surface area contributed by atoms with Crippen LogP contribution in [-0.2, 0) is 4.79 Å². The van der Waals surface area contributed by atoms with Gasteiger partial charge in [-0.2, -0.15) is 0 Å². The Kier molecular flexibility index (Phi) is 5.99. The molecule has 0 spiro atoms. The van der Waals surface area contributed by atoms with E-state index in [9.17, 15) is 4.79 Å². The molecule has 1 heterocycles. The van der Waals surface area contributed by atoms with Crippen LogP contribution in [0.1, 0.15) is 17.5 Å². The molecule has 2 aromatic carbocycles. The fraction of sp³-hybridized carbons (Fsp3) is 0.286. The molecule has 1 saturated heterocycles. The molecule has 0 amide bonds. The highest BCUT2D eigenvalue weighted by Gasteiger charge is 2.24. The Hall–Kier alpha value is -2.43. The van der Waals surface area contributed by atoms with Crippen LogP contribution in [0.2, 0.25) is 0 Å². The summed E-state index contributed by atoms with van der Waals surface area (Å²) in [7, 11) is 0. The molecule has 2 N–H and O–H groups in total. The lowest BCUT2D eigenvalue weighted by Crippen LogP contribution is -2.54. The van der Waals surface area contributed by atoms with Gasteiger partial charge in [0.2, 0.25) is 0 Å². The fourth-order valence-electron chi connectivity index (χ4n) is 3.21. The maximum absolute atomic E-state index is 11.2. The first-order chi connectivity index (χ1) is 12.2. The maximum atomic E-state index is 11.2. The van der Waals surface area contributed by atoms with Crippen molar-refractivity contribution in [2.75, 3.05) is 26.2 Å². The van der Waals surface area contributed by atoms with Crippen LogP contribution in [0.25, 0.3) is 5.57 Å². The van der Waals surface area contributed by atoms with Crippen LogP contribution in [0.3, 0.4) is 0 Å². The van der Waals surface area contributed by atoms with Crippen molar-refractivity contribution in [3.63, 3.8) is 0 Å². The predicted molar refractivity (Wildman–Crippen MR) is 100 cm³/mol. The summed E-state index contributed by atoms with van der Waals surface area (Å²) in [6.07, 6.45) is 3.16. The third-order valence-corrected chi connectivity index (χ3v) is 4.52. The van der Waals surface area contributed by atoms with Gasteiger partial charge in [-0.15, -0.1) is 0 Å². The van der Waals surface area contributed by atoms with E-state index in [0.29, 0.717) is 6.54 Å². The minimum Gasteiger partial charge on any atom is -0.480 e. The van der Waals surface area contributed by atoms with E-state index < -0.39 is 12.0 Å². The van der Waals surface area contributed by atoms with Crippen molar-refractivity contribution in [2.45, 2.75) is 12.5 Å². The molecule has 1 fully saturated rings. The minimum atomic E-state index is -0.769. The zero-order chi connectivity index (χ0) is 17.5. The number of carboxylic acid groups (broad SMARTS) is 1. The number of carbonyl (C=O) groups is 1. The second-order valence-corrected chi connectivity index (χ2v) is 6.28. The number of hydrogen-bond donors (Lipinski definition) is 2. The summed E-state index contributed by atoms with van der Waals surface area (Å²) in [6.45, 7) is 3.05. The monoisotopic (exact) mass is 336 g/mol. The third-order valence-electron chi connectivity index (χ3n) is 4.52. The van der Waals surface area contributed by atoms with Crippen molar-refractivity contribution >= 4 is 11.5 Å². The topological polar surface area (TPSA) is 52.6 Å². The molecule has 0 aliphatic carbocycles. The Balaban J connectivity index is 1.70. The second-order valence-electron chi connectivity index (χ2n) is 6.28. The van der Waals surface area contributed by atoms with E-state index in [1.165, 1.54) is 16.7 Å². The Labute approximate surface area is 148 Å². The van der Waals surface area contributed by atoms with Gasteiger partial charge in [0.15, 0.2) is 0 Å². The molecule has 0 bridgehead atoms. The zero-order valence-electron chi connectivity index (χ0n) is 14.3. The van der Waals surface area contributed by atoms with Crippen molar-refractivity contribution in [2.24, 2.45) is 0 Å². The van der Waals surface area contributed by atoms with Crippen LogP contribution in [-0.4, -0.2) is 48.2 Å². The summed E-state index contributed by atoms with van der Waals surface area (Å²) in [5.74, 6) is -0.769. The lowest BCUT2D eigenvalue weighted by molar-refractivity contribution is -0.140. The first-order valence-corrected chi connectivity index (χ1v) is 8.73. The molecule has 2 aromatic rings. The van der Waals surface area contributed by atoms with Gasteiger partial charge in [0, 0.05) is 26.2 Å². The number of hydrogen-bond acceptors (Lipinski definition) is 3. The van der Waals surface area contributed by atoms with E-state index in [1.807, 2.05) is 12.1 Å². The standard InChI is InChI=1S/C21H24N2O2/c24-21(25)20-16-23(15-13-22-20)14-7-12-19(17-8-3-1-4-9-17)18-10-5-2-6-11-18/h1-6,8-12,20,22H,7,13-16H2,(H,24,25)/t20-/m0/s1. The third kappa shape index (κ3) is 4.78. The van der Waals surface area contributed by atoms with Crippen molar-refractivity contribution < 1.29 is 9.90 Å². The van der Waals surface area contributed by atoms with Gasteiger partial charge in [-0.1, -0.05) is 66.7 Å². The number of nitrogens with zero attached hydrogens (tertiary/aromatic N) is 1. The molecule has 1 atom stereocenters. The summed E-state index contributed by atoms with van der Waals surface area (Å²) in [6, 6.07) is 20.3. The number of benzene rings is 2. The highest BCUT2D eigenvalue weighted by Crippen LogP contribution is 2.23. The number of nitrogens with one attached hydrogen (secondary N) is 1. The molecule has 130 valence electrons. The second kappa shape index (κ2) is 8.60. The van der Waals surface area contributed by atoms with Gasteiger partial charge in [-0.05, 0) is 23.1 Å². The highest BCUT2D eigenvalue weighted by atomic mass is 16.4. The van der Waals surface area contributed by atoms with E-state index in [4.69, 9.17) is 5.11 Å². The number of carboxylic acids is 1. The molecule has 4 heteroatoms. The molecule has 0 unspecified atom stereocenters. The van der Waals surface area contributed by atoms with Gasteiger partial charge >= 0.3 is 5.97 Å². The molecule has 3 rings (SSSR count). The Morgan fingerprint density at radius 2 is 1.68 bits per heavy atom. The molecule has 1 aliphatic heterocycles. The molecule has 25 heavy (non-hydrogen) atoms. The summed E-state index contributed by atoms with van der Waals surface area (Å²) < 4.78 is 0. The normalized spacial score (nSPS) is 17.8. The Morgan fingerprint density at radius 3 is 2.24 bits per heavy atom. The van der Waals surface area contributed by atoms with Crippen LogP contribution in [0, 0.1) is 0 Å². The van der Waals surface area contributed by atoms with Crippen LogP contribution >= 0.6 is 0 Å². The molecule has 0 aromatic heterocycles. The van der Waals surface area contributed by atoms with E-state index in [0.717, 1.165) is 26.1 Å². The molecular weight excluding hydrogens is 312 g/mol. The van der Waals surface area contributed by atoms with Crippen LogP contribution in [0.5, 0.6) is 0 Å². The number of aliphatic carboxylic acids is 1. The van der Waals surface area contributed by atoms with E-state index in [2.05, 4.69) is 64.8 Å². The van der Waals surface area contributed by atoms with Gasteiger partial charge in [-0.3, -0.25) is 9.69 Å². The van der Waals surface area contributed by atoms with Gasteiger partial charge < -0.3 is 10.4 Å². The molecule has 1 aliphatic rings. The first-order valence-electron chi connectivity index (χ1n) is 8.73. The van der Waals surface area contributed by atoms with Crippen LogP contribution in [0.15, 0.2) is 66.7 Å². The number of piperazine rings is 1. The van der Waals surface area contributed by atoms with Gasteiger partial charge in [0.1, 0.15) is 6.04 Å². The fourth-order valence-corrected chi connectivity index (χ4v) is 3.21. The van der Waals surface area contributed by atoms with E-state index >= 15 is 0 Å². The van der Waals surface area contributed by atoms with Crippen molar-refractivity contribution in [1.82, 2.24) is 10.2 Å². The first kappa shape index (κ1) is 17.4. The lowest BCUT2D eigenvalue weighted by atomic mass is 9.97. The SMILES string of the molecule is O=C(O)[C@@H]1CN(CCC=C(c2ccccc2)c2ccccc2)CCN1. The van der Waals surface area contributed by atoms with Crippen molar-refractivity contribution in [3.8, 4) is 0 Å². The summed E-state index contributed by atoms with van der Waals surface area (Å²) in [5, 5.41) is 12.2. The van der Waals surface area contributed by atoms with Crippen molar-refractivity contribution in [3.05, 3.63) is 77.9 Å². The molecule has 0 radical (unpaired) electrons. The Bertz CT molecular complexity index is 672. The zero-order valence-corrected chi connectivity index (χ0v) is 14.3. The average Bonchev–Trinajstić information content (AvgIpc) is 2.67. The average molecular weight is 336 g/mol. The maximum Gasteiger partial charge on any atom is 0.322 e. The Morgan fingerprint density at radius 1 is 1.08 bits per heavy atom. The minimum absolute atomic E-state index is 0.458. The number of rotatable bonds is 6. The van der Waals surface area contributed by atoms with Gasteiger partial charge in [-0.25, -0.2) is 0 Å². The summed E-state index contributed by atoms with van der Waals surface area (Å²) in [4.78, 5) is 13.4. The largest absolute Gasteiger partial charge is 0.480 e. The van der Waals surface area contributed by atoms with Crippen LogP contribution in [0.4, 0.5) is 0 Å². The van der Waals surface area contributed by atoms with E-state index in [1.54, 1.807) is 0 Å². The molecule has 0 saturated carbocycles. The van der Waals surface area contributed by atoms with Crippen LogP contribution < -0.4 is 5.32 Å². The van der Waals surface area contributed by atoms with Crippen molar-refractivity contribution in [1.29, 1.82) is 0 Å². The quantitative estimate of drug-likeness (QED) is 0.852. The summed E-state index contributed by atoms with van der Waals surface area (Å²) >= 11 is 0. The molecular formula is C21H24N2O2. The molecule has 4 nitrogen and oxygen atoms in total. The highest BCUT2D eigenvalue weighted by molar-refractivity contribution is 5.79. The lowest BCUT2D eigenvalue weighted by Gasteiger charge is -2.31. The summed E-state index contributed by atoms with van der Waals surface area (Å²) in [5.41, 5.74) is 3.64. The van der Waals surface area contributed by atoms with Gasteiger partial charge in [0.25, 0.3) is 0 Å². The predicted octanol–water partition coefficient (Wildman–Crippen LogP) is 2.87. The smallest absolute Gasteiger partial charge is 0.322 e. The van der Waals surface area contributed by atoms with E-state index in [-0.39, 0.29) is 0 Å².